The smallest absolute Gasteiger partial charge is 0.409 e. The topological polar surface area (TPSA) is 190 Å². The van der Waals surface area contributed by atoms with E-state index in [1.807, 2.05) is 34.9 Å². The fourth-order valence-electron chi connectivity index (χ4n) is 20.3. The number of hydrogen-bond acceptors (Lipinski definition) is 14. The van der Waals surface area contributed by atoms with Gasteiger partial charge in [-0.15, -0.1) is 5.54 Å². The molecule has 1 aliphatic carbocycles. The molecule has 7 aliphatic rings. The van der Waals surface area contributed by atoms with Crippen molar-refractivity contribution in [2.75, 3.05) is 63.9 Å². The summed E-state index contributed by atoms with van der Waals surface area (Å²) in [7, 11) is -3.22. The summed E-state index contributed by atoms with van der Waals surface area (Å²) in [4.78, 5) is 76.1. The van der Waals surface area contributed by atoms with Gasteiger partial charge in [0.25, 0.3) is 8.32 Å². The third-order valence-electron chi connectivity index (χ3n) is 25.7. The van der Waals surface area contributed by atoms with Crippen LogP contribution in [-0.2, 0) is 21.4 Å². The molecule has 4 atom stereocenters. The van der Waals surface area contributed by atoms with E-state index in [9.17, 15) is 24.3 Å². The Morgan fingerprint density at radius 1 is 0.782 bits per heavy atom. The van der Waals surface area contributed by atoms with Gasteiger partial charge in [-0.05, 0) is 196 Å². The van der Waals surface area contributed by atoms with Gasteiger partial charge in [0.2, 0.25) is 11.8 Å². The lowest BCUT2D eigenvalue weighted by molar-refractivity contribution is -0.135. The molecule has 22 heteroatoms. The molecule has 9 heterocycles. The van der Waals surface area contributed by atoms with Crippen molar-refractivity contribution in [3.05, 3.63) is 81.9 Å². The average Bonchev–Trinajstić information content (AvgIpc) is 1.50. The predicted octanol–water partition coefficient (Wildman–Crippen LogP) is 14.9. The fraction of sp³-hybridized carbons (Fsp3) is 0.633. The van der Waals surface area contributed by atoms with Crippen LogP contribution in [0.2, 0.25) is 33.2 Å². The summed E-state index contributed by atoms with van der Waals surface area (Å²) in [5.41, 5.74) is 7.22. The van der Waals surface area contributed by atoms with Gasteiger partial charge in [0.1, 0.15) is 55.9 Å². The zero-order valence-electron chi connectivity index (χ0n) is 62.2. The van der Waals surface area contributed by atoms with Gasteiger partial charge in [0.05, 0.1) is 33.1 Å². The number of amides is 3. The van der Waals surface area contributed by atoms with Crippen LogP contribution in [0.25, 0.3) is 44.0 Å². The van der Waals surface area contributed by atoms with Crippen LogP contribution >= 0.6 is 0 Å². The van der Waals surface area contributed by atoms with Crippen molar-refractivity contribution in [2.24, 2.45) is 12.5 Å². The van der Waals surface area contributed by atoms with E-state index in [2.05, 4.69) is 122 Å². The van der Waals surface area contributed by atoms with E-state index in [-0.39, 0.29) is 100 Å². The van der Waals surface area contributed by atoms with Gasteiger partial charge in [0.15, 0.2) is 5.82 Å². The number of imide groups is 1. The lowest BCUT2D eigenvalue weighted by atomic mass is 9.59. The Bertz CT molecular complexity index is 4240. The van der Waals surface area contributed by atoms with Crippen molar-refractivity contribution in [1.29, 1.82) is 0 Å². The number of aryl methyl sites for hydroxylation is 1. The first kappa shape index (κ1) is 72.6. The van der Waals surface area contributed by atoms with Gasteiger partial charge in [-0.1, -0.05) is 101 Å². The molecule has 3 aromatic carbocycles. The number of aromatic nitrogens is 5. The molecule has 13 rings (SSSR count). The van der Waals surface area contributed by atoms with E-state index in [1.165, 1.54) is 11.6 Å². The number of nitrogens with zero attached hydrogens (tertiary/aromatic N) is 9. The summed E-state index contributed by atoms with van der Waals surface area (Å²) >= 11 is 0. The number of carbonyl (C=O) groups is 3. The first-order chi connectivity index (χ1) is 48.0. The minimum absolute atomic E-state index is 0.000602. The third-order valence-corrected chi connectivity index (χ3v) is 38.0. The number of pyridine rings is 1. The number of ether oxygens (including phenoxy) is 2. The highest BCUT2D eigenvalue weighted by atomic mass is 28.4. The van der Waals surface area contributed by atoms with Crippen molar-refractivity contribution in [3.8, 4) is 34.5 Å². The second kappa shape index (κ2) is 28.0. The minimum Gasteiger partial charge on any atom is -0.543 e. The second-order valence-corrected chi connectivity index (χ2v) is 44.4. The van der Waals surface area contributed by atoms with Crippen molar-refractivity contribution < 1.29 is 42.2 Å². The molecule has 1 unspecified atom stereocenters. The van der Waals surface area contributed by atoms with E-state index in [4.69, 9.17) is 28.9 Å². The lowest BCUT2D eigenvalue weighted by Crippen LogP contribution is -2.56. The molecular weight excluding hydrogens is 1310 g/mol. The molecule has 7 fully saturated rings. The van der Waals surface area contributed by atoms with E-state index in [0.717, 1.165) is 89.4 Å². The van der Waals surface area contributed by atoms with Crippen LogP contribution in [0.5, 0.6) is 11.8 Å². The zero-order valence-corrected chi connectivity index (χ0v) is 64.2. The minimum atomic E-state index is -2.58. The van der Waals surface area contributed by atoms with E-state index in [1.54, 1.807) is 28.4 Å². The molecule has 101 heavy (non-hydrogen) atoms. The van der Waals surface area contributed by atoms with Gasteiger partial charge in [-0.25, -0.2) is 18.4 Å². The average molecular weight is 1420 g/mol. The Labute approximate surface area is 597 Å². The maximum atomic E-state index is 18.6. The van der Waals surface area contributed by atoms with Gasteiger partial charge in [0, 0.05) is 68.9 Å². The van der Waals surface area contributed by atoms with Crippen LogP contribution in [-0.4, -0.2) is 160 Å². The van der Waals surface area contributed by atoms with Crippen molar-refractivity contribution >= 4 is 72.8 Å². The van der Waals surface area contributed by atoms with Crippen LogP contribution < -0.4 is 25.1 Å². The maximum absolute atomic E-state index is 18.6. The Morgan fingerprint density at radius 3 is 2.14 bits per heavy atom. The van der Waals surface area contributed by atoms with Crippen LogP contribution in [0, 0.1) is 28.5 Å². The normalized spacial score (nSPS) is 23.6. The monoisotopic (exact) mass is 1420 g/mol. The summed E-state index contributed by atoms with van der Waals surface area (Å²) in [6.45, 7) is 34.2. The molecular formula is C79H108F2N10O8Si2. The Kier molecular flexibility index (Phi) is 20.1. The van der Waals surface area contributed by atoms with Gasteiger partial charge in [-0.2, -0.15) is 9.97 Å². The number of halogens is 2. The number of hydrogen-bond donors (Lipinski definition) is 2. The van der Waals surface area contributed by atoms with Gasteiger partial charge < -0.3 is 33.7 Å². The standard InChI is InChI=1S/C79H108F2N10O8Si2/c1-48(2)100(49(3)4,50(5)6)38-26-60-63(80)19-17-56-39-59(99-101(51(7)8,52(9)10)53(11)12)41-61(68(56)60)70-69(81)71-62(44-82-70)72(89-32-15-27-77(13,96)46-89)85-74(84-71)98-47-79-28-16-33-90(79)57(23-29-79)45-97-76(95)88-36-30-78(31-37-88)42-58(43-78)87-34-24-54(25-35-87)55-18-20-64-66(40-55)86(14)75(94)91(64)65-21-22-67(92)83-73(65)93/h17-20,39-41,44,48-54,57-58,65,96H,15-16,21-25,27-37,42-43,45-47H2,1-14H3,(H,83,92,93)/t57-,65?,77+,79-/m0/s1. The molecule has 0 radical (unpaired) electrons. The molecule has 6 aliphatic heterocycles. The third kappa shape index (κ3) is 13.2. The number of anilines is 1. The number of carbonyl (C=O) groups excluding carboxylic acids is 3. The first-order valence-electron chi connectivity index (χ1n) is 37.9. The quantitative estimate of drug-likeness (QED) is 0.0469. The van der Waals surface area contributed by atoms with Crippen molar-refractivity contribution in [1.82, 2.24) is 44.1 Å². The van der Waals surface area contributed by atoms with Crippen LogP contribution in [0.4, 0.5) is 19.4 Å². The second-order valence-electron chi connectivity index (χ2n) is 33.5. The number of nitrogens with one attached hydrogen (secondary N) is 1. The lowest BCUT2D eigenvalue weighted by Gasteiger charge is -2.56. The molecule has 544 valence electrons. The number of aliphatic hydroxyl groups is 1. The number of β-amino-alcohol motifs (C(OH)–C–C–N with tert-alkyl or cyclic N) is 1. The summed E-state index contributed by atoms with van der Waals surface area (Å²) in [6, 6.07) is 13.1. The molecule has 1 spiro atoms. The molecule has 18 nitrogen and oxygen atoms in total. The summed E-state index contributed by atoms with van der Waals surface area (Å²) in [5, 5.41) is 15.4. The maximum Gasteiger partial charge on any atom is 0.409 e. The largest absolute Gasteiger partial charge is 0.543 e. The highest BCUT2D eigenvalue weighted by Crippen LogP contribution is 2.53. The first-order valence-corrected chi connectivity index (χ1v) is 42.3. The number of imidazole rings is 1. The number of likely N-dealkylation sites (tertiary alicyclic amines) is 2. The summed E-state index contributed by atoms with van der Waals surface area (Å²) in [5.74, 6) is 2.89. The Balaban J connectivity index is 0.697. The zero-order chi connectivity index (χ0) is 72.0. The molecule has 3 amide bonds. The van der Waals surface area contributed by atoms with Crippen LogP contribution in [0.1, 0.15) is 203 Å². The summed E-state index contributed by atoms with van der Waals surface area (Å²) < 4.78 is 59.2. The van der Waals surface area contributed by atoms with E-state index < -0.39 is 45.6 Å². The fourth-order valence-corrected chi connectivity index (χ4v) is 30.8. The van der Waals surface area contributed by atoms with Gasteiger partial charge in [-0.3, -0.25) is 33.9 Å². The molecule has 6 aromatic rings. The predicted molar refractivity (Wildman–Crippen MR) is 399 cm³/mol. The van der Waals surface area contributed by atoms with Crippen LogP contribution in [0.15, 0.2) is 53.5 Å². The van der Waals surface area contributed by atoms with Gasteiger partial charge >= 0.3 is 17.8 Å². The number of rotatable bonds is 18. The van der Waals surface area contributed by atoms with E-state index >= 15 is 8.78 Å². The summed E-state index contributed by atoms with van der Waals surface area (Å²) in [6.07, 6.45) is 12.9. The Hall–Kier alpha value is -6.78. The SMILES string of the molecule is CC(C)[Si](C#Cc1c(F)ccc2cc(O[Si](C(C)C)(C(C)C)C(C)C)cc(-c3ncc4c(N5CCC[C@@](C)(O)C5)nc(OC[C@@]56CCCN5[C@H](COC(=O)N5CCC7(CC5)CC(N5CCC(c8ccc9c(c8)n(C)c(=O)n9C8CCC(=O)NC8=O)CC5)C7)CC6)nc4c3F)c12)(C(C)C)C(C)C. The molecule has 3 aromatic heterocycles. The molecule has 2 N–H and O–H groups in total. The number of piperidine rings is 4. The van der Waals surface area contributed by atoms with Crippen LogP contribution in [0.3, 0.4) is 0 Å². The van der Waals surface area contributed by atoms with Crippen molar-refractivity contribution in [2.45, 2.75) is 248 Å². The molecule has 6 saturated heterocycles. The van der Waals surface area contributed by atoms with E-state index in [0.29, 0.717) is 106 Å². The number of benzene rings is 3. The highest BCUT2D eigenvalue weighted by Gasteiger charge is 2.53. The molecule has 1 saturated carbocycles. The highest BCUT2D eigenvalue weighted by molar-refractivity contribution is 6.90. The number of fused-ring (bicyclic) bond motifs is 4. The van der Waals surface area contributed by atoms with Crippen molar-refractivity contribution in [3.63, 3.8) is 0 Å². The Morgan fingerprint density at radius 2 is 1.48 bits per heavy atom. The molecule has 0 bridgehead atoms.